The Kier molecular flexibility index (Phi) is 2.21. The molecule has 0 saturated heterocycles. The maximum absolute atomic E-state index is 5.25. The average Bonchev–Trinajstić information content (AvgIpc) is 2.34. The molecule has 0 N–H and O–H groups in total. The topological polar surface area (TPSA) is 43.6 Å². The summed E-state index contributed by atoms with van der Waals surface area (Å²) in [6.45, 7) is 0.573. The standard InChI is InChI=1S/C4H5ClN4/c5-2-1-3-9-7-4-6-8-9/h1-2,4H,3H2. The van der Waals surface area contributed by atoms with E-state index in [9.17, 15) is 0 Å². The summed E-state index contributed by atoms with van der Waals surface area (Å²) in [5, 5.41) is 10.8. The monoisotopic (exact) mass is 144 g/mol. The third-order valence-electron chi connectivity index (χ3n) is 0.749. The van der Waals surface area contributed by atoms with Crippen LogP contribution in [0.3, 0.4) is 0 Å². The minimum atomic E-state index is 0.573. The summed E-state index contributed by atoms with van der Waals surface area (Å²) in [6, 6.07) is 0. The van der Waals surface area contributed by atoms with Crippen molar-refractivity contribution in [1.82, 2.24) is 20.2 Å². The zero-order chi connectivity index (χ0) is 6.53. The molecular weight excluding hydrogens is 140 g/mol. The average molecular weight is 145 g/mol. The Morgan fingerprint density at radius 3 is 3.11 bits per heavy atom. The fourth-order valence-corrected chi connectivity index (χ4v) is 0.486. The lowest BCUT2D eigenvalue weighted by atomic mass is 10.7. The molecule has 0 atom stereocenters. The molecule has 48 valence electrons. The van der Waals surface area contributed by atoms with Crippen LogP contribution in [0.1, 0.15) is 0 Å². The SMILES string of the molecule is ClC=CCn1ncnn1. The van der Waals surface area contributed by atoms with Crippen molar-refractivity contribution in [3.63, 3.8) is 0 Å². The second-order valence-corrected chi connectivity index (χ2v) is 1.60. The first-order chi connectivity index (χ1) is 4.43. The zero-order valence-electron chi connectivity index (χ0n) is 4.61. The summed E-state index contributed by atoms with van der Waals surface area (Å²) in [4.78, 5) is 1.43. The van der Waals surface area contributed by atoms with Crippen molar-refractivity contribution in [2.24, 2.45) is 0 Å². The van der Waals surface area contributed by atoms with E-state index >= 15 is 0 Å². The number of allylic oxidation sites excluding steroid dienone is 1. The molecule has 1 aromatic rings. The van der Waals surface area contributed by atoms with E-state index in [0.29, 0.717) is 6.54 Å². The van der Waals surface area contributed by atoms with Gasteiger partial charge in [0.1, 0.15) is 0 Å². The second kappa shape index (κ2) is 3.19. The van der Waals surface area contributed by atoms with Crippen molar-refractivity contribution in [1.29, 1.82) is 0 Å². The molecule has 0 saturated carbocycles. The van der Waals surface area contributed by atoms with Crippen LogP contribution in [0.15, 0.2) is 17.9 Å². The van der Waals surface area contributed by atoms with E-state index in [1.54, 1.807) is 6.08 Å². The van der Waals surface area contributed by atoms with Gasteiger partial charge in [0.25, 0.3) is 0 Å². The van der Waals surface area contributed by atoms with Gasteiger partial charge in [0.05, 0.1) is 6.54 Å². The third kappa shape index (κ3) is 1.81. The summed E-state index contributed by atoms with van der Waals surface area (Å²) in [6.07, 6.45) is 3.10. The normalized spacial score (nSPS) is 10.8. The minimum absolute atomic E-state index is 0.573. The molecule has 0 fully saturated rings. The number of halogens is 1. The summed E-state index contributed by atoms with van der Waals surface area (Å²) in [5.41, 5.74) is 1.42. The van der Waals surface area contributed by atoms with Gasteiger partial charge in [0.2, 0.25) is 0 Å². The first-order valence-electron chi connectivity index (χ1n) is 2.39. The van der Waals surface area contributed by atoms with Crippen LogP contribution in [0.2, 0.25) is 0 Å². The lowest BCUT2D eigenvalue weighted by Gasteiger charge is -1.85. The Bertz CT molecular complexity index is 180. The molecule has 1 rings (SSSR count). The summed E-state index contributed by atoms with van der Waals surface area (Å²) in [5.74, 6) is 0. The van der Waals surface area contributed by atoms with Gasteiger partial charge in [-0.25, -0.2) is 0 Å². The predicted octanol–water partition coefficient (Wildman–Crippen LogP) is 0.426. The van der Waals surface area contributed by atoms with Gasteiger partial charge in [-0.1, -0.05) is 11.6 Å². The molecular formula is C4H5ClN4. The molecule has 0 aliphatic carbocycles. The smallest absolute Gasteiger partial charge is 0.161 e. The summed E-state index contributed by atoms with van der Waals surface area (Å²) >= 11 is 5.25. The highest BCUT2D eigenvalue weighted by atomic mass is 35.5. The highest BCUT2D eigenvalue weighted by Gasteiger charge is 1.84. The third-order valence-corrected chi connectivity index (χ3v) is 0.927. The number of aromatic nitrogens is 4. The Morgan fingerprint density at radius 2 is 2.56 bits per heavy atom. The van der Waals surface area contributed by atoms with Crippen molar-refractivity contribution in [3.05, 3.63) is 17.9 Å². The van der Waals surface area contributed by atoms with Crippen LogP contribution in [0.5, 0.6) is 0 Å². The molecule has 0 aliphatic heterocycles. The number of rotatable bonds is 2. The van der Waals surface area contributed by atoms with Gasteiger partial charge in [-0.05, 0) is 11.3 Å². The van der Waals surface area contributed by atoms with E-state index in [2.05, 4.69) is 15.4 Å². The molecule has 1 aromatic heterocycles. The fraction of sp³-hybridized carbons (Fsp3) is 0.250. The number of hydrogen-bond acceptors (Lipinski definition) is 3. The lowest BCUT2D eigenvalue weighted by Crippen LogP contribution is -1.99. The molecule has 0 radical (unpaired) electrons. The summed E-state index contributed by atoms with van der Waals surface area (Å²) < 4.78 is 0. The van der Waals surface area contributed by atoms with Gasteiger partial charge in [0, 0.05) is 5.54 Å². The molecule has 9 heavy (non-hydrogen) atoms. The molecule has 0 amide bonds. The fourth-order valence-electron chi connectivity index (χ4n) is 0.406. The summed E-state index contributed by atoms with van der Waals surface area (Å²) in [7, 11) is 0. The molecule has 0 unspecified atom stereocenters. The van der Waals surface area contributed by atoms with Gasteiger partial charge in [-0.15, -0.1) is 10.2 Å². The van der Waals surface area contributed by atoms with Crippen LogP contribution in [-0.2, 0) is 6.54 Å². The van der Waals surface area contributed by atoms with Gasteiger partial charge in [-0.3, -0.25) is 0 Å². The Balaban J connectivity index is 2.48. The van der Waals surface area contributed by atoms with Crippen LogP contribution in [0, 0.1) is 0 Å². The van der Waals surface area contributed by atoms with Crippen molar-refractivity contribution in [2.75, 3.05) is 0 Å². The van der Waals surface area contributed by atoms with Crippen LogP contribution in [-0.4, -0.2) is 20.2 Å². The van der Waals surface area contributed by atoms with E-state index in [1.807, 2.05) is 0 Å². The first kappa shape index (κ1) is 6.22. The largest absolute Gasteiger partial charge is 0.162 e. The van der Waals surface area contributed by atoms with Crippen molar-refractivity contribution >= 4 is 11.6 Å². The second-order valence-electron chi connectivity index (χ2n) is 1.35. The van der Waals surface area contributed by atoms with Crippen LogP contribution >= 0.6 is 11.6 Å². The molecule has 0 aliphatic rings. The van der Waals surface area contributed by atoms with E-state index in [4.69, 9.17) is 11.6 Å². The number of nitrogens with zero attached hydrogens (tertiary/aromatic N) is 4. The van der Waals surface area contributed by atoms with E-state index < -0.39 is 0 Å². The Hall–Kier alpha value is -0.900. The van der Waals surface area contributed by atoms with Crippen molar-refractivity contribution in [3.8, 4) is 0 Å². The van der Waals surface area contributed by atoms with Crippen LogP contribution in [0.4, 0.5) is 0 Å². The van der Waals surface area contributed by atoms with Gasteiger partial charge in [-0.2, -0.15) is 4.80 Å². The minimum Gasteiger partial charge on any atom is -0.161 e. The lowest BCUT2D eigenvalue weighted by molar-refractivity contribution is 0.582. The van der Waals surface area contributed by atoms with E-state index in [-0.39, 0.29) is 0 Å². The quantitative estimate of drug-likeness (QED) is 0.605. The highest BCUT2D eigenvalue weighted by Crippen LogP contribution is 1.80. The molecule has 4 nitrogen and oxygen atoms in total. The van der Waals surface area contributed by atoms with E-state index in [0.717, 1.165) is 0 Å². The predicted molar refractivity (Wildman–Crippen MR) is 32.8 cm³/mol. The van der Waals surface area contributed by atoms with Crippen molar-refractivity contribution in [2.45, 2.75) is 6.54 Å². The Morgan fingerprint density at radius 1 is 1.67 bits per heavy atom. The first-order valence-corrected chi connectivity index (χ1v) is 2.83. The zero-order valence-corrected chi connectivity index (χ0v) is 5.36. The van der Waals surface area contributed by atoms with Gasteiger partial charge < -0.3 is 0 Å². The van der Waals surface area contributed by atoms with Crippen molar-refractivity contribution < 1.29 is 0 Å². The molecule has 0 aromatic carbocycles. The maximum Gasteiger partial charge on any atom is 0.162 e. The maximum atomic E-state index is 5.25. The van der Waals surface area contributed by atoms with Crippen LogP contribution < -0.4 is 0 Å². The molecule has 0 spiro atoms. The highest BCUT2D eigenvalue weighted by molar-refractivity contribution is 6.25. The molecule has 1 heterocycles. The Labute approximate surface area is 57.1 Å². The molecule has 0 bridgehead atoms. The van der Waals surface area contributed by atoms with Crippen LogP contribution in [0.25, 0.3) is 0 Å². The number of tetrazole rings is 1. The van der Waals surface area contributed by atoms with Gasteiger partial charge in [0.15, 0.2) is 6.33 Å². The molecule has 5 heteroatoms. The van der Waals surface area contributed by atoms with E-state index in [1.165, 1.54) is 16.7 Å². The van der Waals surface area contributed by atoms with Gasteiger partial charge >= 0.3 is 0 Å². The number of hydrogen-bond donors (Lipinski definition) is 0.